The maximum atomic E-state index is 13.2. The third kappa shape index (κ3) is 32.5. The quantitative estimate of drug-likeness (QED) is 0.0173. The molecule has 1 aliphatic rings. The first-order valence-corrected chi connectivity index (χ1v) is 27.5. The fraction of sp³-hybridized carbons (Fsp3) is 0.940. The number of unbranched alkanes of at least 4 members (excludes halogenated alkanes) is 30. The molecule has 8 unspecified atom stereocenters. The zero-order valence-electron chi connectivity index (χ0n) is 40.5. The van der Waals surface area contributed by atoms with Crippen LogP contribution in [0.4, 0.5) is 0 Å². The van der Waals surface area contributed by atoms with Crippen molar-refractivity contribution in [1.82, 2.24) is 5.32 Å². The number of carbonyl (C=O) groups excluding carboxylic acids is 1. The lowest BCUT2D eigenvalue weighted by molar-refractivity contribution is -0.298. The van der Waals surface area contributed by atoms with E-state index in [2.05, 4.69) is 35.5 Å². The molecular weight excluding hydrogens is 839 g/mol. The maximum absolute atomic E-state index is 13.2. The van der Waals surface area contributed by atoms with Gasteiger partial charge in [-0.3, -0.25) is 9.35 Å². The van der Waals surface area contributed by atoms with Crippen molar-refractivity contribution < 1.29 is 57.0 Å². The lowest BCUT2D eigenvalue weighted by Gasteiger charge is -2.41. The van der Waals surface area contributed by atoms with Gasteiger partial charge in [0.1, 0.15) is 30.5 Å². The second kappa shape index (κ2) is 40.8. The van der Waals surface area contributed by atoms with Gasteiger partial charge >= 0.3 is 10.4 Å². The predicted molar refractivity (Wildman–Crippen MR) is 256 cm³/mol. The molecule has 380 valence electrons. The molecule has 1 saturated heterocycles. The van der Waals surface area contributed by atoms with Gasteiger partial charge in [0.05, 0.1) is 25.4 Å². The zero-order valence-corrected chi connectivity index (χ0v) is 41.3. The Labute approximate surface area is 390 Å². The van der Waals surface area contributed by atoms with Crippen LogP contribution < -0.4 is 5.32 Å². The van der Waals surface area contributed by atoms with E-state index >= 15 is 0 Å². The molecule has 0 spiro atoms. The third-order valence-electron chi connectivity index (χ3n) is 12.7. The zero-order chi connectivity index (χ0) is 47.1. The molecule has 1 aliphatic heterocycles. The minimum absolute atomic E-state index is 0.255. The highest BCUT2D eigenvalue weighted by atomic mass is 32.3. The van der Waals surface area contributed by atoms with E-state index in [-0.39, 0.29) is 6.42 Å². The normalized spacial score (nSPS) is 20.8. The fourth-order valence-electron chi connectivity index (χ4n) is 8.52. The summed E-state index contributed by atoms with van der Waals surface area (Å²) >= 11 is 0. The minimum atomic E-state index is -5.11. The van der Waals surface area contributed by atoms with Crippen molar-refractivity contribution in [1.29, 1.82) is 0 Å². The van der Waals surface area contributed by atoms with E-state index in [1.165, 1.54) is 141 Å². The smallest absolute Gasteiger partial charge is 0.394 e. The summed E-state index contributed by atoms with van der Waals surface area (Å²) in [6.45, 7) is 3.30. The average Bonchev–Trinajstić information content (AvgIpc) is 3.27. The molecule has 64 heavy (non-hydrogen) atoms. The van der Waals surface area contributed by atoms with E-state index in [9.17, 15) is 43.3 Å². The van der Waals surface area contributed by atoms with Crippen molar-refractivity contribution in [2.45, 2.75) is 288 Å². The van der Waals surface area contributed by atoms with Gasteiger partial charge in [-0.1, -0.05) is 212 Å². The molecule has 0 aromatic rings. The molecule has 8 atom stereocenters. The van der Waals surface area contributed by atoms with Crippen LogP contribution in [0.3, 0.4) is 0 Å². The Morgan fingerprint density at radius 3 is 1.41 bits per heavy atom. The molecule has 1 heterocycles. The van der Waals surface area contributed by atoms with Gasteiger partial charge in [0.25, 0.3) is 0 Å². The Morgan fingerprint density at radius 1 is 0.609 bits per heavy atom. The first kappa shape index (κ1) is 60.8. The summed E-state index contributed by atoms with van der Waals surface area (Å²) in [5.41, 5.74) is 0. The molecule has 7 N–H and O–H groups in total. The van der Waals surface area contributed by atoms with Crippen LogP contribution in [0.25, 0.3) is 0 Å². The number of aliphatic hydroxyl groups excluding tert-OH is 5. The number of ether oxygens (including phenoxy) is 2. The van der Waals surface area contributed by atoms with Crippen LogP contribution in [0.15, 0.2) is 12.2 Å². The molecule has 0 aliphatic carbocycles. The van der Waals surface area contributed by atoms with Crippen LogP contribution in [-0.4, -0.2) is 107 Å². The number of rotatable bonds is 45. The van der Waals surface area contributed by atoms with Gasteiger partial charge in [-0.15, -0.1) is 0 Å². The summed E-state index contributed by atoms with van der Waals surface area (Å²) in [6, 6.07) is -1.03. The number of nitrogens with one attached hydrogen (secondary N) is 1. The highest BCUT2D eigenvalue weighted by molar-refractivity contribution is 7.80. The van der Waals surface area contributed by atoms with E-state index in [4.69, 9.17) is 9.47 Å². The molecule has 13 nitrogen and oxygen atoms in total. The summed E-state index contributed by atoms with van der Waals surface area (Å²) in [7, 11) is -5.11. The van der Waals surface area contributed by atoms with Crippen LogP contribution in [0.1, 0.15) is 239 Å². The standard InChI is InChI=1S/C50H97NO12S/c1-3-5-7-9-11-13-15-17-19-21-23-25-27-29-31-33-35-37-39-44(54)49(57)51-42(41-61-50-47(56)48(63-64(58,59)60)46(55)45(40-52)62-50)43(53)38-36-34-32-30-28-26-24-22-20-18-16-14-12-10-8-6-4-2/h21,23,42-48,50,52-56H,3-20,22,24-41H2,1-2H3,(H,51,57)(H,58,59,60)/b23-21-. The Balaban J connectivity index is 2.49. The van der Waals surface area contributed by atoms with Gasteiger partial charge < -0.3 is 40.3 Å². The van der Waals surface area contributed by atoms with E-state index in [1.807, 2.05) is 0 Å². The fourth-order valence-corrected chi connectivity index (χ4v) is 9.03. The molecular formula is C50H97NO12S. The van der Waals surface area contributed by atoms with Crippen molar-refractivity contribution in [3.05, 3.63) is 12.2 Å². The lowest BCUT2D eigenvalue weighted by atomic mass is 9.99. The predicted octanol–water partition coefficient (Wildman–Crippen LogP) is 10.1. The monoisotopic (exact) mass is 936 g/mol. The Bertz CT molecular complexity index is 1210. The second-order valence-corrected chi connectivity index (χ2v) is 19.7. The number of hydrogen-bond donors (Lipinski definition) is 7. The molecule has 1 rings (SSSR count). The third-order valence-corrected chi connectivity index (χ3v) is 13.1. The SMILES string of the molecule is CCCCCCCCCC/C=C\CCCCCCCCC(O)C(=O)NC(COC1OC(CO)C(O)C(OS(=O)(=O)O)C1O)C(O)CCCCCCCCCCCCCCCCCCC. The Hall–Kier alpha value is -1.20. The lowest BCUT2D eigenvalue weighted by Crippen LogP contribution is -2.61. The van der Waals surface area contributed by atoms with Gasteiger partial charge in [0.15, 0.2) is 6.29 Å². The van der Waals surface area contributed by atoms with Crippen molar-refractivity contribution >= 4 is 16.3 Å². The van der Waals surface area contributed by atoms with Crippen molar-refractivity contribution in [3.63, 3.8) is 0 Å². The largest absolute Gasteiger partial charge is 0.397 e. The summed E-state index contributed by atoms with van der Waals surface area (Å²) in [4.78, 5) is 13.2. The van der Waals surface area contributed by atoms with E-state index in [0.717, 1.165) is 57.8 Å². The van der Waals surface area contributed by atoms with Crippen molar-refractivity contribution in [2.75, 3.05) is 13.2 Å². The van der Waals surface area contributed by atoms with Crippen LogP contribution in [-0.2, 0) is 28.9 Å². The number of allylic oxidation sites excluding steroid dienone is 2. The summed E-state index contributed by atoms with van der Waals surface area (Å²) < 4.78 is 47.7. The number of carbonyl (C=O) groups is 1. The van der Waals surface area contributed by atoms with Crippen molar-refractivity contribution in [2.24, 2.45) is 0 Å². The molecule has 0 bridgehead atoms. The Morgan fingerprint density at radius 2 is 1.00 bits per heavy atom. The highest BCUT2D eigenvalue weighted by Crippen LogP contribution is 2.26. The Kier molecular flexibility index (Phi) is 38.8. The maximum Gasteiger partial charge on any atom is 0.397 e. The number of amides is 1. The van der Waals surface area contributed by atoms with Gasteiger partial charge in [-0.2, -0.15) is 8.42 Å². The molecule has 14 heteroatoms. The summed E-state index contributed by atoms with van der Waals surface area (Å²) in [6.07, 6.45) is 33.8. The number of aliphatic hydroxyl groups is 5. The first-order chi connectivity index (χ1) is 30.9. The van der Waals surface area contributed by atoms with Crippen molar-refractivity contribution in [3.8, 4) is 0 Å². The number of hydrogen-bond acceptors (Lipinski definition) is 11. The highest BCUT2D eigenvalue weighted by Gasteiger charge is 2.48. The molecule has 0 aromatic heterocycles. The first-order valence-electron chi connectivity index (χ1n) is 26.2. The van der Waals surface area contributed by atoms with Gasteiger partial charge in [0, 0.05) is 0 Å². The summed E-state index contributed by atoms with van der Waals surface area (Å²) in [5.74, 6) is -0.671. The molecule has 0 saturated carbocycles. The summed E-state index contributed by atoms with van der Waals surface area (Å²) in [5, 5.41) is 55.5. The topological polar surface area (TPSA) is 212 Å². The van der Waals surface area contributed by atoms with Crippen LogP contribution >= 0.6 is 0 Å². The molecule has 0 aromatic carbocycles. The minimum Gasteiger partial charge on any atom is -0.394 e. The van der Waals surface area contributed by atoms with E-state index < -0.39 is 78.5 Å². The van der Waals surface area contributed by atoms with E-state index in [0.29, 0.717) is 19.3 Å². The van der Waals surface area contributed by atoms with Crippen LogP contribution in [0.2, 0.25) is 0 Å². The van der Waals surface area contributed by atoms with E-state index in [1.54, 1.807) is 0 Å². The van der Waals surface area contributed by atoms with Crippen LogP contribution in [0.5, 0.6) is 0 Å². The second-order valence-electron chi connectivity index (χ2n) is 18.6. The van der Waals surface area contributed by atoms with Crippen LogP contribution in [0, 0.1) is 0 Å². The molecule has 0 radical (unpaired) electrons. The molecule has 1 amide bonds. The molecule has 1 fully saturated rings. The van der Waals surface area contributed by atoms with Gasteiger partial charge in [-0.25, -0.2) is 4.18 Å². The van der Waals surface area contributed by atoms with Gasteiger partial charge in [-0.05, 0) is 38.5 Å². The average molecular weight is 936 g/mol. The van der Waals surface area contributed by atoms with Gasteiger partial charge in [0.2, 0.25) is 5.91 Å².